The molecule has 0 unspecified atom stereocenters. The van der Waals surface area contributed by atoms with Crippen molar-refractivity contribution < 1.29 is 4.79 Å². The molecular weight excluding hydrogens is 330 g/mol. The van der Waals surface area contributed by atoms with Gasteiger partial charge in [0.05, 0.1) is 6.54 Å². The summed E-state index contributed by atoms with van der Waals surface area (Å²) < 4.78 is 0.934. The van der Waals surface area contributed by atoms with Crippen molar-refractivity contribution in [2.24, 2.45) is 0 Å². The van der Waals surface area contributed by atoms with E-state index >= 15 is 0 Å². The van der Waals surface area contributed by atoms with Crippen molar-refractivity contribution in [3.05, 3.63) is 53.0 Å². The van der Waals surface area contributed by atoms with Gasteiger partial charge in [0.1, 0.15) is 0 Å². The van der Waals surface area contributed by atoms with Crippen LogP contribution in [0.3, 0.4) is 0 Å². The standard InChI is InChI=1S/C16H18BrN3O/c1-2-20(15-8-4-6-13(18)10-15)11-16(21)19-14-7-3-5-12(17)9-14/h3-10H,2,11,18H2,1H3,(H,19,21). The first kappa shape index (κ1) is 15.4. The van der Waals surface area contributed by atoms with Gasteiger partial charge in [0.15, 0.2) is 0 Å². The maximum absolute atomic E-state index is 12.2. The zero-order valence-corrected chi connectivity index (χ0v) is 13.4. The van der Waals surface area contributed by atoms with Gasteiger partial charge in [-0.15, -0.1) is 0 Å². The summed E-state index contributed by atoms with van der Waals surface area (Å²) in [7, 11) is 0. The summed E-state index contributed by atoms with van der Waals surface area (Å²) in [6.45, 7) is 3.03. The van der Waals surface area contributed by atoms with E-state index < -0.39 is 0 Å². The fraction of sp³-hybridized carbons (Fsp3) is 0.188. The van der Waals surface area contributed by atoms with E-state index in [4.69, 9.17) is 5.73 Å². The highest BCUT2D eigenvalue weighted by atomic mass is 79.9. The van der Waals surface area contributed by atoms with Crippen LogP contribution >= 0.6 is 15.9 Å². The maximum Gasteiger partial charge on any atom is 0.243 e. The lowest BCUT2D eigenvalue weighted by Gasteiger charge is -2.22. The third-order valence-electron chi connectivity index (χ3n) is 3.06. The zero-order chi connectivity index (χ0) is 15.2. The lowest BCUT2D eigenvalue weighted by Crippen LogP contribution is -2.33. The van der Waals surface area contributed by atoms with Gasteiger partial charge in [0.2, 0.25) is 5.91 Å². The summed E-state index contributed by atoms with van der Waals surface area (Å²) >= 11 is 3.39. The number of amides is 1. The average Bonchev–Trinajstić information content (AvgIpc) is 2.44. The summed E-state index contributed by atoms with van der Waals surface area (Å²) in [5.74, 6) is -0.0580. The number of hydrogen-bond donors (Lipinski definition) is 2. The number of nitrogen functional groups attached to an aromatic ring is 1. The molecule has 0 aliphatic heterocycles. The van der Waals surface area contributed by atoms with Crippen molar-refractivity contribution in [1.82, 2.24) is 0 Å². The van der Waals surface area contributed by atoms with Crippen molar-refractivity contribution in [1.29, 1.82) is 0 Å². The second kappa shape index (κ2) is 7.13. The van der Waals surface area contributed by atoms with Crippen LogP contribution in [0.5, 0.6) is 0 Å². The Morgan fingerprint density at radius 2 is 2.00 bits per heavy atom. The molecule has 21 heavy (non-hydrogen) atoms. The third-order valence-corrected chi connectivity index (χ3v) is 3.55. The summed E-state index contributed by atoms with van der Waals surface area (Å²) in [4.78, 5) is 14.1. The highest BCUT2D eigenvalue weighted by molar-refractivity contribution is 9.10. The lowest BCUT2D eigenvalue weighted by atomic mass is 10.2. The minimum atomic E-state index is -0.0580. The fourth-order valence-corrected chi connectivity index (χ4v) is 2.45. The quantitative estimate of drug-likeness (QED) is 0.813. The number of likely N-dealkylation sites (N-methyl/N-ethyl adjacent to an activating group) is 1. The van der Waals surface area contributed by atoms with E-state index in [9.17, 15) is 4.79 Å². The molecule has 4 nitrogen and oxygen atoms in total. The van der Waals surface area contributed by atoms with Crippen LogP contribution in [0.4, 0.5) is 17.1 Å². The van der Waals surface area contributed by atoms with Crippen LogP contribution in [0, 0.1) is 0 Å². The minimum Gasteiger partial charge on any atom is -0.399 e. The Balaban J connectivity index is 2.03. The number of carbonyl (C=O) groups excluding carboxylic acids is 1. The van der Waals surface area contributed by atoms with Crippen LogP contribution in [-0.2, 0) is 4.79 Å². The Hall–Kier alpha value is -2.01. The van der Waals surface area contributed by atoms with Gasteiger partial charge in [-0.25, -0.2) is 0 Å². The molecule has 0 aliphatic rings. The molecule has 0 bridgehead atoms. The van der Waals surface area contributed by atoms with Crippen molar-refractivity contribution in [2.45, 2.75) is 6.92 Å². The molecule has 0 saturated heterocycles. The molecule has 3 N–H and O–H groups in total. The molecular formula is C16H18BrN3O. The Labute approximate surface area is 133 Å². The van der Waals surface area contributed by atoms with E-state index in [-0.39, 0.29) is 12.5 Å². The number of nitrogens with zero attached hydrogens (tertiary/aromatic N) is 1. The summed E-state index contributed by atoms with van der Waals surface area (Å²) in [6.07, 6.45) is 0. The molecule has 0 heterocycles. The normalized spacial score (nSPS) is 10.2. The molecule has 0 spiro atoms. The van der Waals surface area contributed by atoms with Crippen LogP contribution in [0.1, 0.15) is 6.92 Å². The van der Waals surface area contributed by atoms with Crippen LogP contribution in [0.15, 0.2) is 53.0 Å². The second-order valence-electron chi connectivity index (χ2n) is 4.67. The van der Waals surface area contributed by atoms with Crippen LogP contribution in [0.25, 0.3) is 0 Å². The molecule has 0 atom stereocenters. The smallest absolute Gasteiger partial charge is 0.243 e. The van der Waals surface area contributed by atoms with Crippen LogP contribution < -0.4 is 16.0 Å². The van der Waals surface area contributed by atoms with Gasteiger partial charge < -0.3 is 16.0 Å². The van der Waals surface area contributed by atoms with Gasteiger partial charge in [-0.05, 0) is 43.3 Å². The summed E-state index contributed by atoms with van der Waals surface area (Å²) in [6, 6.07) is 15.1. The van der Waals surface area contributed by atoms with E-state index in [1.807, 2.05) is 60.4 Å². The highest BCUT2D eigenvalue weighted by Crippen LogP contribution is 2.18. The molecule has 0 fully saturated rings. The number of rotatable bonds is 5. The topological polar surface area (TPSA) is 58.4 Å². The van der Waals surface area contributed by atoms with E-state index in [1.165, 1.54) is 0 Å². The summed E-state index contributed by atoms with van der Waals surface area (Å²) in [5.41, 5.74) is 8.20. The molecule has 2 aromatic carbocycles. The molecule has 0 aliphatic carbocycles. The first-order chi connectivity index (χ1) is 10.1. The number of anilines is 3. The first-order valence-corrected chi connectivity index (χ1v) is 7.53. The van der Waals surface area contributed by atoms with E-state index in [1.54, 1.807) is 0 Å². The van der Waals surface area contributed by atoms with Crippen molar-refractivity contribution in [3.8, 4) is 0 Å². The maximum atomic E-state index is 12.2. The predicted octanol–water partition coefficient (Wildman–Crippen LogP) is 3.50. The third kappa shape index (κ3) is 4.49. The molecule has 0 aromatic heterocycles. The number of hydrogen-bond acceptors (Lipinski definition) is 3. The van der Waals surface area contributed by atoms with Gasteiger partial charge in [-0.1, -0.05) is 28.1 Å². The van der Waals surface area contributed by atoms with Gasteiger partial charge in [-0.2, -0.15) is 0 Å². The van der Waals surface area contributed by atoms with E-state index in [0.29, 0.717) is 5.69 Å². The predicted molar refractivity (Wildman–Crippen MR) is 91.5 cm³/mol. The first-order valence-electron chi connectivity index (χ1n) is 6.74. The molecule has 110 valence electrons. The van der Waals surface area contributed by atoms with Gasteiger partial charge in [0, 0.05) is 28.1 Å². The Kier molecular flexibility index (Phi) is 5.22. The number of nitrogens with two attached hydrogens (primary N) is 1. The van der Waals surface area contributed by atoms with Crippen LogP contribution in [-0.4, -0.2) is 19.0 Å². The Bertz CT molecular complexity index is 630. The molecule has 0 saturated carbocycles. The zero-order valence-electron chi connectivity index (χ0n) is 11.8. The molecule has 1 amide bonds. The number of nitrogens with one attached hydrogen (secondary N) is 1. The van der Waals surface area contributed by atoms with Crippen LogP contribution in [0.2, 0.25) is 0 Å². The Morgan fingerprint density at radius 3 is 2.67 bits per heavy atom. The Morgan fingerprint density at radius 1 is 1.24 bits per heavy atom. The van der Waals surface area contributed by atoms with Crippen molar-refractivity contribution in [3.63, 3.8) is 0 Å². The molecule has 2 rings (SSSR count). The number of halogens is 1. The van der Waals surface area contributed by atoms with E-state index in [0.717, 1.165) is 22.4 Å². The SMILES string of the molecule is CCN(CC(=O)Nc1cccc(Br)c1)c1cccc(N)c1. The second-order valence-corrected chi connectivity index (χ2v) is 5.58. The van der Waals surface area contributed by atoms with Gasteiger partial charge in [-0.3, -0.25) is 4.79 Å². The highest BCUT2D eigenvalue weighted by Gasteiger charge is 2.10. The minimum absolute atomic E-state index is 0.0580. The molecule has 5 heteroatoms. The summed E-state index contributed by atoms with van der Waals surface area (Å²) in [5, 5.41) is 2.89. The molecule has 0 radical (unpaired) electrons. The van der Waals surface area contributed by atoms with Gasteiger partial charge >= 0.3 is 0 Å². The van der Waals surface area contributed by atoms with Crippen molar-refractivity contribution in [2.75, 3.05) is 29.0 Å². The number of carbonyl (C=O) groups is 1. The number of benzene rings is 2. The average molecular weight is 348 g/mol. The lowest BCUT2D eigenvalue weighted by molar-refractivity contribution is -0.115. The molecule has 2 aromatic rings. The van der Waals surface area contributed by atoms with Crippen molar-refractivity contribution >= 4 is 38.9 Å². The van der Waals surface area contributed by atoms with Gasteiger partial charge in [0.25, 0.3) is 0 Å². The fourth-order valence-electron chi connectivity index (χ4n) is 2.05. The monoisotopic (exact) mass is 347 g/mol. The van der Waals surface area contributed by atoms with E-state index in [2.05, 4.69) is 21.2 Å². The largest absolute Gasteiger partial charge is 0.399 e.